The number of esters is 1. The van der Waals surface area contributed by atoms with E-state index in [9.17, 15) is 21.6 Å². The maximum Gasteiger partial charge on any atom is 0.324 e. The van der Waals surface area contributed by atoms with Crippen LogP contribution in [0.15, 0.2) is 0 Å². The van der Waals surface area contributed by atoms with Crippen molar-refractivity contribution in [3.8, 4) is 0 Å². The summed E-state index contributed by atoms with van der Waals surface area (Å²) in [6.45, 7) is 6.49. The van der Waals surface area contributed by atoms with Crippen LogP contribution in [-0.2, 0) is 29.4 Å². The van der Waals surface area contributed by atoms with Crippen LogP contribution in [0.2, 0.25) is 0 Å². The summed E-state index contributed by atoms with van der Waals surface area (Å²) in [7, 11) is -6.88. The summed E-state index contributed by atoms with van der Waals surface area (Å²) >= 11 is 0. The SMILES string of the molecule is C[C@H](NS(=O)(=O)C1CCS(=O)(=O)CC1)C(=O)OC(C)(C)C. The molecule has 0 radical (unpaired) electrons. The van der Waals surface area contributed by atoms with E-state index in [-0.39, 0.29) is 24.3 Å². The molecular weight excluding hydrogens is 318 g/mol. The molecule has 1 heterocycles. The predicted molar refractivity (Wildman–Crippen MR) is 79.0 cm³/mol. The Morgan fingerprint density at radius 1 is 1.24 bits per heavy atom. The van der Waals surface area contributed by atoms with Gasteiger partial charge in [0.05, 0.1) is 16.8 Å². The molecule has 0 amide bonds. The third-order valence-electron chi connectivity index (χ3n) is 3.04. The monoisotopic (exact) mass is 341 g/mol. The van der Waals surface area contributed by atoms with Crippen molar-refractivity contribution in [2.24, 2.45) is 0 Å². The second-order valence-corrected chi connectivity index (χ2v) is 10.6. The first-order valence-corrected chi connectivity index (χ1v) is 10.1. The average molecular weight is 341 g/mol. The largest absolute Gasteiger partial charge is 0.459 e. The van der Waals surface area contributed by atoms with E-state index >= 15 is 0 Å². The Bertz CT molecular complexity index is 574. The number of hydrogen-bond donors (Lipinski definition) is 1. The molecule has 1 fully saturated rings. The minimum absolute atomic E-state index is 0.0543. The first kappa shape index (κ1) is 18.4. The lowest BCUT2D eigenvalue weighted by atomic mass is 10.2. The normalized spacial score (nSPS) is 21.7. The van der Waals surface area contributed by atoms with Crippen molar-refractivity contribution in [3.63, 3.8) is 0 Å². The lowest BCUT2D eigenvalue weighted by Crippen LogP contribution is -2.47. The summed E-state index contributed by atoms with van der Waals surface area (Å²) in [5, 5.41) is -0.786. The Labute approximate surface area is 126 Å². The summed E-state index contributed by atoms with van der Waals surface area (Å²) in [4.78, 5) is 11.8. The van der Waals surface area contributed by atoms with Crippen LogP contribution in [0.3, 0.4) is 0 Å². The second-order valence-electron chi connectivity index (χ2n) is 6.27. The van der Waals surface area contributed by atoms with Gasteiger partial charge >= 0.3 is 5.97 Å². The summed E-state index contributed by atoms with van der Waals surface area (Å²) in [6, 6.07) is -1.01. The highest BCUT2D eigenvalue weighted by Gasteiger charge is 2.35. The van der Waals surface area contributed by atoms with Gasteiger partial charge in [-0.2, -0.15) is 0 Å². The van der Waals surface area contributed by atoms with Gasteiger partial charge in [-0.3, -0.25) is 4.79 Å². The summed E-state index contributed by atoms with van der Waals surface area (Å²) in [5.41, 5.74) is -0.699. The smallest absolute Gasteiger partial charge is 0.324 e. The predicted octanol–water partition coefficient (Wildman–Crippen LogP) is 0.213. The fourth-order valence-electron chi connectivity index (χ4n) is 1.96. The fourth-order valence-corrected chi connectivity index (χ4v) is 5.39. The third kappa shape index (κ3) is 5.91. The molecule has 124 valence electrons. The molecule has 1 N–H and O–H groups in total. The van der Waals surface area contributed by atoms with Crippen LogP contribution in [0, 0.1) is 0 Å². The molecule has 1 saturated heterocycles. The van der Waals surface area contributed by atoms with Crippen LogP contribution in [0.5, 0.6) is 0 Å². The van der Waals surface area contributed by atoms with Gasteiger partial charge in [-0.25, -0.2) is 21.6 Å². The molecule has 0 saturated carbocycles. The van der Waals surface area contributed by atoms with Crippen LogP contribution in [0.4, 0.5) is 0 Å². The first-order chi connectivity index (χ1) is 9.32. The highest BCUT2D eigenvalue weighted by atomic mass is 32.2. The Balaban J connectivity index is 2.66. The molecule has 0 spiro atoms. The molecule has 1 rings (SSSR count). The van der Waals surface area contributed by atoms with E-state index in [1.165, 1.54) is 6.92 Å². The van der Waals surface area contributed by atoms with Crippen molar-refractivity contribution in [1.82, 2.24) is 4.72 Å². The van der Waals surface area contributed by atoms with Gasteiger partial charge in [0, 0.05) is 0 Å². The van der Waals surface area contributed by atoms with Crippen molar-refractivity contribution in [1.29, 1.82) is 0 Å². The number of carbonyl (C=O) groups is 1. The Morgan fingerprint density at radius 2 is 1.71 bits per heavy atom. The molecule has 0 aliphatic carbocycles. The molecule has 21 heavy (non-hydrogen) atoms. The second kappa shape index (κ2) is 6.21. The maximum atomic E-state index is 12.2. The molecular formula is C12H23NO6S2. The van der Waals surface area contributed by atoms with E-state index in [1.54, 1.807) is 20.8 Å². The van der Waals surface area contributed by atoms with E-state index in [0.29, 0.717) is 0 Å². The first-order valence-electron chi connectivity index (χ1n) is 6.77. The zero-order valence-corrected chi connectivity index (χ0v) is 14.4. The highest BCUT2D eigenvalue weighted by Crippen LogP contribution is 2.19. The summed E-state index contributed by atoms with van der Waals surface area (Å²) in [5.74, 6) is -0.937. The summed E-state index contributed by atoms with van der Waals surface area (Å²) < 4.78 is 54.4. The number of rotatable bonds is 4. The lowest BCUT2D eigenvalue weighted by molar-refractivity contribution is -0.156. The highest BCUT2D eigenvalue weighted by molar-refractivity contribution is 7.92. The van der Waals surface area contributed by atoms with E-state index < -0.39 is 42.7 Å². The molecule has 1 aliphatic rings. The molecule has 0 aromatic heterocycles. The van der Waals surface area contributed by atoms with Gasteiger partial charge in [-0.05, 0) is 40.5 Å². The number of ether oxygens (including phenoxy) is 1. The van der Waals surface area contributed by atoms with Crippen LogP contribution >= 0.6 is 0 Å². The topological polar surface area (TPSA) is 107 Å². The van der Waals surface area contributed by atoms with E-state index in [4.69, 9.17) is 4.74 Å². The van der Waals surface area contributed by atoms with Gasteiger partial charge in [0.1, 0.15) is 21.5 Å². The van der Waals surface area contributed by atoms with Gasteiger partial charge in [0.25, 0.3) is 0 Å². The third-order valence-corrected chi connectivity index (χ3v) is 6.79. The molecule has 7 nitrogen and oxygen atoms in total. The number of nitrogens with one attached hydrogen (secondary N) is 1. The molecule has 0 aromatic rings. The van der Waals surface area contributed by atoms with Crippen molar-refractivity contribution in [3.05, 3.63) is 0 Å². The van der Waals surface area contributed by atoms with Crippen LogP contribution in [0.1, 0.15) is 40.5 Å². The van der Waals surface area contributed by atoms with Crippen molar-refractivity contribution in [2.75, 3.05) is 11.5 Å². The Hall–Kier alpha value is -0.670. The van der Waals surface area contributed by atoms with Gasteiger partial charge in [0.15, 0.2) is 0 Å². The van der Waals surface area contributed by atoms with Crippen molar-refractivity contribution in [2.45, 2.75) is 57.4 Å². The van der Waals surface area contributed by atoms with E-state index in [2.05, 4.69) is 4.72 Å². The standard InChI is InChI=1S/C12H23NO6S2/c1-9(11(14)19-12(2,3)4)13-21(17,18)10-5-7-20(15,16)8-6-10/h9-10,13H,5-8H2,1-4H3/t9-/m0/s1. The van der Waals surface area contributed by atoms with Gasteiger partial charge in [-0.1, -0.05) is 0 Å². The average Bonchev–Trinajstić information content (AvgIpc) is 2.25. The van der Waals surface area contributed by atoms with Crippen LogP contribution in [-0.4, -0.2) is 51.2 Å². The van der Waals surface area contributed by atoms with Crippen molar-refractivity contribution < 1.29 is 26.4 Å². The van der Waals surface area contributed by atoms with E-state index in [1.807, 2.05) is 0 Å². The Kier molecular flexibility index (Phi) is 5.44. The zero-order valence-electron chi connectivity index (χ0n) is 12.7. The molecule has 0 bridgehead atoms. The zero-order chi connectivity index (χ0) is 16.5. The number of carbonyl (C=O) groups excluding carboxylic acids is 1. The van der Waals surface area contributed by atoms with E-state index in [0.717, 1.165) is 0 Å². The molecule has 0 aromatic carbocycles. The quantitative estimate of drug-likeness (QED) is 0.733. The number of hydrogen-bond acceptors (Lipinski definition) is 6. The minimum atomic E-state index is -3.75. The van der Waals surface area contributed by atoms with Gasteiger partial charge in [-0.15, -0.1) is 0 Å². The Morgan fingerprint density at radius 3 is 2.14 bits per heavy atom. The molecule has 0 unspecified atom stereocenters. The minimum Gasteiger partial charge on any atom is -0.459 e. The molecule has 1 aliphatic heterocycles. The fraction of sp³-hybridized carbons (Fsp3) is 0.917. The molecule has 9 heteroatoms. The lowest BCUT2D eigenvalue weighted by Gasteiger charge is -2.26. The maximum absolute atomic E-state index is 12.2. The van der Waals surface area contributed by atoms with Gasteiger partial charge in [0.2, 0.25) is 10.0 Å². The number of sulfone groups is 1. The van der Waals surface area contributed by atoms with Crippen LogP contribution < -0.4 is 4.72 Å². The molecule has 1 atom stereocenters. The van der Waals surface area contributed by atoms with Gasteiger partial charge < -0.3 is 4.74 Å². The van der Waals surface area contributed by atoms with Crippen molar-refractivity contribution >= 4 is 25.8 Å². The summed E-state index contributed by atoms with van der Waals surface area (Å²) in [6.07, 6.45) is 0.109. The number of sulfonamides is 1. The van der Waals surface area contributed by atoms with Crippen LogP contribution in [0.25, 0.3) is 0 Å².